The zero-order chi connectivity index (χ0) is 33.6. The lowest BCUT2D eigenvalue weighted by atomic mass is 10.1. The Labute approximate surface area is 272 Å². The second kappa shape index (κ2) is 13.8. The summed E-state index contributed by atoms with van der Waals surface area (Å²) in [5, 5.41) is 0. The Morgan fingerprint density at radius 3 is 1.83 bits per heavy atom. The van der Waals surface area contributed by atoms with Gasteiger partial charge < -0.3 is 18.9 Å². The van der Waals surface area contributed by atoms with E-state index in [1.807, 2.05) is 13.8 Å². The molecule has 16 heteroatoms. The Balaban J connectivity index is 1.31. The summed E-state index contributed by atoms with van der Waals surface area (Å²) in [6, 6.07) is 10.2. The number of hydrazine groups is 1. The molecule has 48 heavy (non-hydrogen) atoms. The minimum atomic E-state index is 0.0940. The van der Waals surface area contributed by atoms with Crippen LogP contribution in [0.1, 0.15) is 34.6 Å². The highest BCUT2D eigenvalue weighted by atomic mass is 16.5. The monoisotopic (exact) mass is 648 g/mol. The number of hydrogen-bond acceptors (Lipinski definition) is 16. The van der Waals surface area contributed by atoms with Crippen LogP contribution in [0.2, 0.25) is 0 Å². The molecule has 6 aromatic rings. The van der Waals surface area contributed by atoms with Gasteiger partial charge in [0.15, 0.2) is 34.9 Å². The van der Waals surface area contributed by atoms with Gasteiger partial charge in [-0.2, -0.15) is 19.9 Å². The normalized spacial score (nSPS) is 10.8. The van der Waals surface area contributed by atoms with Crippen molar-refractivity contribution in [2.75, 3.05) is 38.3 Å². The molecule has 242 valence electrons. The molecule has 0 atom stereocenters. The molecule has 0 unspecified atom stereocenters. The van der Waals surface area contributed by atoms with Crippen LogP contribution < -0.4 is 29.8 Å². The van der Waals surface area contributed by atoms with E-state index in [1.54, 1.807) is 36.4 Å². The summed E-state index contributed by atoms with van der Waals surface area (Å²) in [4.78, 5) is 59.4. The molecule has 2 aromatic carbocycles. The number of carbonyl (C=O) groups excluding carboxylic acids is 2. The molecule has 2 N–H and O–H groups in total. The van der Waals surface area contributed by atoms with Crippen LogP contribution in [-0.2, 0) is 0 Å². The van der Waals surface area contributed by atoms with Crippen molar-refractivity contribution in [3.8, 4) is 45.8 Å². The van der Waals surface area contributed by atoms with Gasteiger partial charge in [0.1, 0.15) is 11.5 Å². The molecule has 0 aliphatic carbocycles. The van der Waals surface area contributed by atoms with Crippen LogP contribution in [0.15, 0.2) is 48.8 Å². The molecule has 0 fully saturated rings. The fraction of sp³-hybridized carbons (Fsp3) is 0.188. The molecule has 0 amide bonds. The summed E-state index contributed by atoms with van der Waals surface area (Å²) in [6.07, 6.45) is 4.49. The summed E-state index contributed by atoms with van der Waals surface area (Å²) in [5.41, 5.74) is 9.74. The second-order valence-corrected chi connectivity index (χ2v) is 9.82. The van der Waals surface area contributed by atoms with Crippen LogP contribution in [0.5, 0.6) is 23.3 Å². The third kappa shape index (κ3) is 6.26. The number of aromatic nitrogens is 8. The zero-order valence-electron chi connectivity index (χ0n) is 26.2. The van der Waals surface area contributed by atoms with Gasteiger partial charge in [0.05, 0.1) is 56.8 Å². The van der Waals surface area contributed by atoms with Gasteiger partial charge in [0, 0.05) is 16.7 Å². The van der Waals surface area contributed by atoms with E-state index in [2.05, 4.69) is 50.7 Å². The molecule has 0 saturated carbocycles. The number of benzene rings is 2. The Hall–Kier alpha value is -6.58. The third-order valence-corrected chi connectivity index (χ3v) is 6.91. The van der Waals surface area contributed by atoms with Crippen LogP contribution >= 0.6 is 0 Å². The highest BCUT2D eigenvalue weighted by molar-refractivity contribution is 5.89. The minimum absolute atomic E-state index is 0.0940. The standard InChI is InChI=1S/C32H28N10O6/c1-5-47-29-25-27(33-13-22(35-25)17-8-10-24(46-4)19(11-17)16-44)37-31(39-29)41-42-32-38-28-26(30(40-32)48-6-2)36-23(14-34-28)21-12-20(45-3)9-7-18(21)15-43/h7-16H,5-6H2,1-4H3,(H,33,37,39,41)(H,34,38,40,42). The van der Waals surface area contributed by atoms with Crippen molar-refractivity contribution in [3.63, 3.8) is 0 Å². The molecule has 0 aliphatic rings. The molecule has 16 nitrogen and oxygen atoms in total. The number of anilines is 2. The van der Waals surface area contributed by atoms with Gasteiger partial charge in [0.2, 0.25) is 23.7 Å². The maximum Gasteiger partial charge on any atom is 0.247 e. The van der Waals surface area contributed by atoms with E-state index in [0.717, 1.165) is 6.29 Å². The van der Waals surface area contributed by atoms with Crippen molar-refractivity contribution >= 4 is 46.8 Å². The Kier molecular flexibility index (Phi) is 9.04. The molecular weight excluding hydrogens is 620 g/mol. The van der Waals surface area contributed by atoms with Gasteiger partial charge in [-0.05, 0) is 50.2 Å². The first-order chi connectivity index (χ1) is 23.5. The summed E-state index contributed by atoms with van der Waals surface area (Å²) >= 11 is 0. The van der Waals surface area contributed by atoms with Crippen molar-refractivity contribution in [2.45, 2.75) is 13.8 Å². The highest BCUT2D eigenvalue weighted by Gasteiger charge is 2.18. The molecule has 0 bridgehead atoms. The van der Waals surface area contributed by atoms with E-state index in [0.29, 0.717) is 75.7 Å². The molecule has 0 radical (unpaired) electrons. The van der Waals surface area contributed by atoms with Crippen molar-refractivity contribution < 1.29 is 28.5 Å². The minimum Gasteiger partial charge on any atom is -0.497 e. The predicted octanol–water partition coefficient (Wildman–Crippen LogP) is 4.37. The number of ether oxygens (including phenoxy) is 4. The molecule has 0 aliphatic heterocycles. The Bertz CT molecular complexity index is 2160. The topological polar surface area (TPSA) is 198 Å². The number of nitrogens with zero attached hydrogens (tertiary/aromatic N) is 8. The number of carbonyl (C=O) groups is 2. The summed E-state index contributed by atoms with van der Waals surface area (Å²) < 4.78 is 22.1. The third-order valence-electron chi connectivity index (χ3n) is 6.91. The van der Waals surface area contributed by atoms with Crippen molar-refractivity contribution in [1.82, 2.24) is 39.9 Å². The van der Waals surface area contributed by atoms with Crippen molar-refractivity contribution in [2.24, 2.45) is 0 Å². The first kappa shape index (κ1) is 31.4. The smallest absolute Gasteiger partial charge is 0.247 e. The van der Waals surface area contributed by atoms with Crippen LogP contribution in [0.3, 0.4) is 0 Å². The number of aldehydes is 2. The lowest BCUT2D eigenvalue weighted by Crippen LogP contribution is -2.16. The predicted molar refractivity (Wildman–Crippen MR) is 175 cm³/mol. The van der Waals surface area contributed by atoms with Gasteiger partial charge in [-0.3, -0.25) is 20.4 Å². The average Bonchev–Trinajstić information content (AvgIpc) is 3.13. The molecule has 0 saturated heterocycles. The molecular formula is C32H28N10O6. The van der Waals surface area contributed by atoms with Gasteiger partial charge in [-0.1, -0.05) is 0 Å². The number of fused-ring (bicyclic) bond motifs is 2. The van der Waals surface area contributed by atoms with Crippen LogP contribution in [0.4, 0.5) is 11.9 Å². The fourth-order valence-corrected chi connectivity index (χ4v) is 4.70. The Morgan fingerprint density at radius 1 is 0.667 bits per heavy atom. The molecule has 4 heterocycles. The van der Waals surface area contributed by atoms with Gasteiger partial charge in [0.25, 0.3) is 0 Å². The van der Waals surface area contributed by atoms with Gasteiger partial charge >= 0.3 is 0 Å². The largest absolute Gasteiger partial charge is 0.497 e. The average molecular weight is 649 g/mol. The van der Waals surface area contributed by atoms with Crippen molar-refractivity contribution in [1.29, 1.82) is 0 Å². The quantitative estimate of drug-likeness (QED) is 0.132. The number of nitrogens with one attached hydrogen (secondary N) is 2. The fourth-order valence-electron chi connectivity index (χ4n) is 4.70. The first-order valence-corrected chi connectivity index (χ1v) is 14.6. The Morgan fingerprint density at radius 2 is 1.27 bits per heavy atom. The first-order valence-electron chi connectivity index (χ1n) is 14.6. The second-order valence-electron chi connectivity index (χ2n) is 9.82. The molecule has 6 rings (SSSR count). The van der Waals surface area contributed by atoms with E-state index in [4.69, 9.17) is 18.9 Å². The molecule has 0 spiro atoms. The van der Waals surface area contributed by atoms with Crippen molar-refractivity contribution in [3.05, 3.63) is 59.9 Å². The number of methoxy groups -OCH3 is 2. The number of rotatable bonds is 13. The summed E-state index contributed by atoms with van der Waals surface area (Å²) in [7, 11) is 3.03. The van der Waals surface area contributed by atoms with E-state index < -0.39 is 0 Å². The van der Waals surface area contributed by atoms with E-state index in [-0.39, 0.29) is 35.0 Å². The highest BCUT2D eigenvalue weighted by Crippen LogP contribution is 2.30. The van der Waals surface area contributed by atoms with Crippen LogP contribution in [0, 0.1) is 0 Å². The van der Waals surface area contributed by atoms with Gasteiger partial charge in [-0.25, -0.2) is 19.9 Å². The number of hydrogen-bond donors (Lipinski definition) is 2. The lowest BCUT2D eigenvalue weighted by molar-refractivity contribution is 0.111. The van der Waals surface area contributed by atoms with Crippen LogP contribution in [0.25, 0.3) is 44.8 Å². The summed E-state index contributed by atoms with van der Waals surface area (Å²) in [6.45, 7) is 4.22. The van der Waals surface area contributed by atoms with E-state index >= 15 is 0 Å². The maximum atomic E-state index is 11.7. The van der Waals surface area contributed by atoms with Gasteiger partial charge in [-0.15, -0.1) is 0 Å². The maximum absolute atomic E-state index is 11.7. The summed E-state index contributed by atoms with van der Waals surface area (Å²) in [5.74, 6) is 1.56. The lowest BCUT2D eigenvalue weighted by Gasteiger charge is -2.13. The SMILES string of the molecule is CCOc1nc(NNc2nc(OCC)c3nc(-c4cc(OC)ccc4C=O)cnc3n2)nc2ncc(-c3ccc(OC)c(C=O)c3)nc12. The van der Waals surface area contributed by atoms with E-state index in [1.165, 1.54) is 26.6 Å². The van der Waals surface area contributed by atoms with Crippen LogP contribution in [-0.4, -0.2) is 79.9 Å². The molecule has 4 aromatic heterocycles. The van der Waals surface area contributed by atoms with E-state index in [9.17, 15) is 9.59 Å². The zero-order valence-corrected chi connectivity index (χ0v) is 26.2.